The highest BCUT2D eigenvalue weighted by Crippen LogP contribution is 2.27. The van der Waals surface area contributed by atoms with Gasteiger partial charge in [-0.15, -0.1) is 0 Å². The van der Waals surface area contributed by atoms with Crippen LogP contribution in [0.15, 0.2) is 0 Å². The first-order chi connectivity index (χ1) is 4.45. The first kappa shape index (κ1) is 10.5. The topological polar surface area (TPSA) is 35.5 Å². The van der Waals surface area contributed by atoms with Crippen LogP contribution in [-0.4, -0.2) is 15.3 Å². The number of carbonyl (C=O) groups is 1. The Morgan fingerprint density at radius 3 is 2.60 bits per heavy atom. The predicted octanol–water partition coefficient (Wildman–Crippen LogP) is 2.66. The van der Waals surface area contributed by atoms with Crippen LogP contribution in [0.4, 0.5) is 4.79 Å². The van der Waals surface area contributed by atoms with Crippen molar-refractivity contribution in [3.05, 3.63) is 0 Å². The molecule has 0 spiro atoms. The van der Waals surface area contributed by atoms with E-state index in [1.807, 2.05) is 22.6 Å². The second-order valence-electron chi connectivity index (χ2n) is 1.59. The van der Waals surface area contributed by atoms with Gasteiger partial charge in [0, 0.05) is 0 Å². The monoisotopic (exact) mass is 322 g/mol. The molecule has 0 saturated heterocycles. The Morgan fingerprint density at radius 2 is 2.30 bits per heavy atom. The van der Waals surface area contributed by atoms with Gasteiger partial charge in [0.15, 0.2) is 0 Å². The smallest absolute Gasteiger partial charge is 0.435 e. The largest absolute Gasteiger partial charge is 0.510 e. The molecule has 0 saturated carbocycles. The van der Waals surface area contributed by atoms with E-state index in [0.29, 0.717) is 6.61 Å². The fourth-order valence-corrected chi connectivity index (χ4v) is 0.606. The zero-order chi connectivity index (χ0) is 8.20. The molecular weight excluding hydrogens is 315 g/mol. The molecule has 0 fully saturated rings. The van der Waals surface area contributed by atoms with E-state index in [-0.39, 0.29) is 0 Å². The van der Waals surface area contributed by atoms with E-state index in [4.69, 9.17) is 4.74 Å². The van der Waals surface area contributed by atoms with Crippen LogP contribution in [0.25, 0.3) is 0 Å². The van der Waals surface area contributed by atoms with Crippen LogP contribution in [0, 0.1) is 0 Å². The summed E-state index contributed by atoms with van der Waals surface area (Å²) in [4.78, 5) is 10.6. The highest BCUT2D eigenvalue weighted by molar-refractivity contribution is 14.1. The average Bonchev–Trinajstić information content (AvgIpc) is 1.59. The van der Waals surface area contributed by atoms with Gasteiger partial charge in [0.25, 0.3) is 0 Å². The zero-order valence-electron chi connectivity index (χ0n) is 5.69. The molecule has 1 unspecified atom stereocenters. The number of rotatable bonds is 2. The van der Waals surface area contributed by atoms with Gasteiger partial charge in [-0.05, 0) is 52.4 Å². The van der Waals surface area contributed by atoms with Gasteiger partial charge in [0.2, 0.25) is 2.52 Å². The molecule has 0 amide bonds. The molecule has 1 atom stereocenters. The van der Waals surface area contributed by atoms with E-state index in [1.54, 1.807) is 13.8 Å². The van der Waals surface area contributed by atoms with Crippen molar-refractivity contribution in [3.8, 4) is 0 Å². The fraction of sp³-hybridized carbons (Fsp3) is 0.800. The van der Waals surface area contributed by atoms with Crippen molar-refractivity contribution < 1.29 is 14.3 Å². The van der Waals surface area contributed by atoms with Crippen molar-refractivity contribution in [2.24, 2.45) is 0 Å². The second kappa shape index (κ2) is 4.38. The van der Waals surface area contributed by atoms with Gasteiger partial charge in [-0.25, -0.2) is 4.79 Å². The summed E-state index contributed by atoms with van der Waals surface area (Å²) in [6, 6.07) is 0. The van der Waals surface area contributed by atoms with Crippen LogP contribution in [0.2, 0.25) is 0 Å². The van der Waals surface area contributed by atoms with Gasteiger partial charge in [0.05, 0.1) is 6.61 Å². The molecule has 0 aliphatic carbocycles. The quantitative estimate of drug-likeness (QED) is 0.445. The minimum atomic E-state index is -0.670. The van der Waals surface area contributed by atoms with E-state index in [2.05, 4.69) is 20.7 Å². The normalized spacial score (nSPS) is 15.6. The molecule has 0 N–H and O–H groups in total. The van der Waals surface area contributed by atoms with Crippen molar-refractivity contribution in [1.82, 2.24) is 0 Å². The van der Waals surface area contributed by atoms with Crippen molar-refractivity contribution in [1.29, 1.82) is 0 Å². The summed E-state index contributed by atoms with van der Waals surface area (Å²) in [6.45, 7) is 3.75. The van der Waals surface area contributed by atoms with Gasteiger partial charge < -0.3 is 9.47 Å². The Bertz CT molecular complexity index is 121. The summed E-state index contributed by atoms with van der Waals surface area (Å²) in [6.07, 6.45) is -0.656. The molecule has 0 heterocycles. The fourth-order valence-electron chi connectivity index (χ4n) is 0.294. The number of hydrogen-bond acceptors (Lipinski definition) is 3. The van der Waals surface area contributed by atoms with Crippen LogP contribution < -0.4 is 0 Å². The van der Waals surface area contributed by atoms with Crippen LogP contribution in [-0.2, 0) is 9.47 Å². The number of carbonyl (C=O) groups excluding carboxylic acids is 1. The molecule has 10 heavy (non-hydrogen) atoms. The predicted molar refractivity (Wildman–Crippen MR) is 49.5 cm³/mol. The third-order valence-electron chi connectivity index (χ3n) is 0.525. The van der Waals surface area contributed by atoms with E-state index in [1.165, 1.54) is 0 Å². The summed E-state index contributed by atoms with van der Waals surface area (Å²) in [5.41, 5.74) is 0. The number of hydrogen-bond donors (Lipinski definition) is 0. The standard InChI is InChI=1S/C5H8BrIO3/c1-3-9-4(8)10-5(2,6)7/h3H2,1-2H3. The Labute approximate surface area is 81.7 Å². The molecule has 0 aromatic rings. The number of ether oxygens (including phenoxy) is 2. The first-order valence-corrected chi connectivity index (χ1v) is 4.56. The lowest BCUT2D eigenvalue weighted by atomic mass is 10.8. The lowest BCUT2D eigenvalue weighted by Gasteiger charge is -2.14. The van der Waals surface area contributed by atoms with E-state index < -0.39 is 8.67 Å². The second-order valence-corrected chi connectivity index (χ2v) is 6.65. The minimum Gasteiger partial charge on any atom is -0.435 e. The SMILES string of the molecule is CCOC(=O)OC(C)(Br)I. The molecule has 0 aliphatic rings. The van der Waals surface area contributed by atoms with E-state index in [0.717, 1.165) is 0 Å². The van der Waals surface area contributed by atoms with Gasteiger partial charge in [0.1, 0.15) is 0 Å². The summed E-state index contributed by atoms with van der Waals surface area (Å²) in [7, 11) is 0. The highest BCUT2D eigenvalue weighted by atomic mass is 127. The summed E-state index contributed by atoms with van der Waals surface area (Å²) < 4.78 is 8.57. The third kappa shape index (κ3) is 6.60. The van der Waals surface area contributed by atoms with Crippen LogP contribution in [0.3, 0.4) is 0 Å². The van der Waals surface area contributed by atoms with Crippen LogP contribution in [0.5, 0.6) is 0 Å². The molecule has 0 bridgehead atoms. The maximum absolute atomic E-state index is 10.6. The summed E-state index contributed by atoms with van der Waals surface area (Å²) in [5, 5.41) is 0. The lowest BCUT2D eigenvalue weighted by Crippen LogP contribution is -2.18. The van der Waals surface area contributed by atoms with Gasteiger partial charge in [-0.1, -0.05) is 0 Å². The maximum atomic E-state index is 10.6. The molecule has 5 heteroatoms. The van der Waals surface area contributed by atoms with Crippen LogP contribution in [0.1, 0.15) is 13.8 Å². The first-order valence-electron chi connectivity index (χ1n) is 2.69. The molecule has 0 aliphatic heterocycles. The van der Waals surface area contributed by atoms with E-state index >= 15 is 0 Å². The minimum absolute atomic E-state index is 0.332. The van der Waals surface area contributed by atoms with Gasteiger partial charge in [-0.2, -0.15) is 0 Å². The molecule has 60 valence electrons. The number of alkyl halides is 2. The highest BCUT2D eigenvalue weighted by Gasteiger charge is 2.20. The average molecular weight is 323 g/mol. The third-order valence-corrected chi connectivity index (χ3v) is 0.907. The molecule has 0 rings (SSSR count). The van der Waals surface area contributed by atoms with E-state index in [9.17, 15) is 4.79 Å². The van der Waals surface area contributed by atoms with Crippen molar-refractivity contribution in [2.45, 2.75) is 16.4 Å². The van der Waals surface area contributed by atoms with Crippen molar-refractivity contribution in [3.63, 3.8) is 0 Å². The summed E-state index contributed by atoms with van der Waals surface area (Å²) >= 11 is 5.04. The Morgan fingerprint density at radius 1 is 1.80 bits per heavy atom. The Hall–Kier alpha value is 0.480. The van der Waals surface area contributed by atoms with Crippen molar-refractivity contribution >= 4 is 44.7 Å². The maximum Gasteiger partial charge on any atom is 0.510 e. The molecule has 0 aromatic carbocycles. The summed E-state index contributed by atoms with van der Waals surface area (Å²) in [5.74, 6) is 0. The molecule has 0 radical (unpaired) electrons. The molecule has 3 nitrogen and oxygen atoms in total. The Kier molecular flexibility index (Phi) is 4.59. The van der Waals surface area contributed by atoms with Crippen molar-refractivity contribution in [2.75, 3.05) is 6.61 Å². The zero-order valence-corrected chi connectivity index (χ0v) is 9.43. The lowest BCUT2D eigenvalue weighted by molar-refractivity contribution is 0.0527. The number of halogens is 2. The van der Waals surface area contributed by atoms with Gasteiger partial charge >= 0.3 is 6.16 Å². The van der Waals surface area contributed by atoms with Crippen LogP contribution >= 0.6 is 38.5 Å². The Balaban J connectivity index is 3.58. The molecule has 0 aromatic heterocycles. The molecular formula is C5H8BrIO3. The van der Waals surface area contributed by atoms with Gasteiger partial charge in [-0.3, -0.25) is 0 Å².